The summed E-state index contributed by atoms with van der Waals surface area (Å²) in [5.74, 6) is 0. The lowest BCUT2D eigenvalue weighted by Crippen LogP contribution is -2.22. The smallest absolute Gasteiger partial charge is 0.0809 e. The van der Waals surface area contributed by atoms with Crippen molar-refractivity contribution in [3.05, 3.63) is 0 Å². The summed E-state index contributed by atoms with van der Waals surface area (Å²) in [4.78, 5) is 0. The van der Waals surface area contributed by atoms with Gasteiger partial charge in [0.25, 0.3) is 0 Å². The predicted molar refractivity (Wildman–Crippen MR) is 46.2 cm³/mol. The molecule has 0 spiro atoms. The summed E-state index contributed by atoms with van der Waals surface area (Å²) >= 11 is 0. The molecule has 2 fully saturated rings. The molecule has 0 aromatic heterocycles. The van der Waals surface area contributed by atoms with Crippen LogP contribution in [-0.2, 0) is 9.47 Å². The van der Waals surface area contributed by atoms with Gasteiger partial charge in [0.15, 0.2) is 0 Å². The van der Waals surface area contributed by atoms with Gasteiger partial charge >= 0.3 is 0 Å². The van der Waals surface area contributed by atoms with Crippen LogP contribution in [0.1, 0.15) is 19.3 Å². The number of hydrogen-bond donors (Lipinski definition) is 1. The van der Waals surface area contributed by atoms with Gasteiger partial charge in [-0.3, -0.25) is 0 Å². The standard InChI is InChI=1S/C9H17NO2/c1-2-9(11-5-1)7-12-8-3-4-10-6-8/h8-10H,1-7H2. The van der Waals surface area contributed by atoms with Crippen molar-refractivity contribution in [2.75, 3.05) is 26.3 Å². The van der Waals surface area contributed by atoms with Gasteiger partial charge in [0, 0.05) is 13.2 Å². The van der Waals surface area contributed by atoms with Crippen molar-refractivity contribution in [1.29, 1.82) is 0 Å². The van der Waals surface area contributed by atoms with E-state index in [4.69, 9.17) is 9.47 Å². The fraction of sp³-hybridized carbons (Fsp3) is 1.00. The largest absolute Gasteiger partial charge is 0.376 e. The van der Waals surface area contributed by atoms with Crippen LogP contribution in [0.3, 0.4) is 0 Å². The Kier molecular flexibility index (Phi) is 2.98. The number of nitrogens with one attached hydrogen (secondary N) is 1. The molecular weight excluding hydrogens is 154 g/mol. The van der Waals surface area contributed by atoms with Crippen LogP contribution in [0.15, 0.2) is 0 Å². The maximum atomic E-state index is 5.70. The van der Waals surface area contributed by atoms with Crippen molar-refractivity contribution in [2.24, 2.45) is 0 Å². The summed E-state index contributed by atoms with van der Waals surface area (Å²) in [6.45, 7) is 3.85. The molecule has 70 valence electrons. The molecule has 0 saturated carbocycles. The fourth-order valence-electron chi connectivity index (χ4n) is 1.79. The van der Waals surface area contributed by atoms with E-state index in [1.165, 1.54) is 12.8 Å². The Morgan fingerprint density at radius 1 is 1.42 bits per heavy atom. The summed E-state index contributed by atoms with van der Waals surface area (Å²) in [7, 11) is 0. The van der Waals surface area contributed by atoms with Crippen molar-refractivity contribution >= 4 is 0 Å². The second kappa shape index (κ2) is 4.21. The maximum Gasteiger partial charge on any atom is 0.0809 e. The molecule has 2 saturated heterocycles. The van der Waals surface area contributed by atoms with E-state index in [2.05, 4.69) is 5.32 Å². The van der Waals surface area contributed by atoms with E-state index < -0.39 is 0 Å². The molecule has 1 N–H and O–H groups in total. The van der Waals surface area contributed by atoms with Crippen molar-refractivity contribution in [3.63, 3.8) is 0 Å². The quantitative estimate of drug-likeness (QED) is 0.672. The zero-order valence-corrected chi connectivity index (χ0v) is 7.42. The minimum atomic E-state index is 0.380. The molecule has 0 aliphatic carbocycles. The first-order chi connectivity index (χ1) is 5.95. The van der Waals surface area contributed by atoms with Crippen molar-refractivity contribution in [3.8, 4) is 0 Å². The number of rotatable bonds is 3. The molecule has 2 heterocycles. The Bertz CT molecular complexity index is 112. The predicted octanol–water partition coefficient (Wildman–Crippen LogP) is 0.544. The molecule has 3 heteroatoms. The molecule has 0 aromatic rings. The zero-order valence-electron chi connectivity index (χ0n) is 7.42. The summed E-state index contributed by atoms with van der Waals surface area (Å²) in [5.41, 5.74) is 0. The normalized spacial score (nSPS) is 36.0. The monoisotopic (exact) mass is 171 g/mol. The van der Waals surface area contributed by atoms with Crippen LogP contribution in [0.2, 0.25) is 0 Å². The highest BCUT2D eigenvalue weighted by molar-refractivity contribution is 4.72. The number of ether oxygens (including phenoxy) is 2. The van der Waals surface area contributed by atoms with Gasteiger partial charge in [-0.2, -0.15) is 0 Å². The molecular formula is C9H17NO2. The zero-order chi connectivity index (χ0) is 8.23. The van der Waals surface area contributed by atoms with Gasteiger partial charge in [-0.25, -0.2) is 0 Å². The lowest BCUT2D eigenvalue weighted by molar-refractivity contribution is -0.0131. The highest BCUT2D eigenvalue weighted by atomic mass is 16.5. The highest BCUT2D eigenvalue weighted by Gasteiger charge is 2.19. The van der Waals surface area contributed by atoms with Crippen molar-refractivity contribution < 1.29 is 9.47 Å². The summed E-state index contributed by atoms with van der Waals surface area (Å²) in [6.07, 6.45) is 4.36. The van der Waals surface area contributed by atoms with Crippen LogP contribution in [0.25, 0.3) is 0 Å². The molecule has 2 aliphatic rings. The summed E-state index contributed by atoms with van der Waals surface area (Å²) in [6, 6.07) is 0. The van der Waals surface area contributed by atoms with Crippen LogP contribution in [0.4, 0.5) is 0 Å². The summed E-state index contributed by atoms with van der Waals surface area (Å²) < 4.78 is 11.2. The van der Waals surface area contributed by atoms with E-state index in [0.717, 1.165) is 32.7 Å². The third-order valence-corrected chi connectivity index (χ3v) is 2.56. The van der Waals surface area contributed by atoms with Crippen molar-refractivity contribution in [2.45, 2.75) is 31.5 Å². The Labute approximate surface area is 73.4 Å². The maximum absolute atomic E-state index is 5.70. The van der Waals surface area contributed by atoms with Crippen LogP contribution < -0.4 is 5.32 Å². The van der Waals surface area contributed by atoms with Crippen LogP contribution in [0, 0.1) is 0 Å². The molecule has 3 nitrogen and oxygen atoms in total. The highest BCUT2D eigenvalue weighted by Crippen LogP contribution is 2.13. The van der Waals surface area contributed by atoms with Gasteiger partial charge in [0.05, 0.1) is 18.8 Å². The van der Waals surface area contributed by atoms with Gasteiger partial charge in [0.1, 0.15) is 0 Å². The van der Waals surface area contributed by atoms with E-state index >= 15 is 0 Å². The van der Waals surface area contributed by atoms with Crippen LogP contribution in [-0.4, -0.2) is 38.5 Å². The van der Waals surface area contributed by atoms with Crippen molar-refractivity contribution in [1.82, 2.24) is 5.32 Å². The topological polar surface area (TPSA) is 30.5 Å². The molecule has 0 aromatic carbocycles. The molecule has 0 bridgehead atoms. The average Bonchev–Trinajstić information content (AvgIpc) is 2.74. The first-order valence-electron chi connectivity index (χ1n) is 4.89. The molecule has 0 radical (unpaired) electrons. The van der Waals surface area contributed by atoms with E-state index in [-0.39, 0.29) is 0 Å². The van der Waals surface area contributed by atoms with E-state index in [0.29, 0.717) is 12.2 Å². The second-order valence-corrected chi connectivity index (χ2v) is 3.58. The van der Waals surface area contributed by atoms with Crippen LogP contribution >= 0.6 is 0 Å². The molecule has 2 unspecified atom stereocenters. The molecule has 12 heavy (non-hydrogen) atoms. The third-order valence-electron chi connectivity index (χ3n) is 2.56. The molecule has 0 amide bonds. The van der Waals surface area contributed by atoms with E-state index in [1.54, 1.807) is 0 Å². The van der Waals surface area contributed by atoms with Gasteiger partial charge in [-0.15, -0.1) is 0 Å². The van der Waals surface area contributed by atoms with Gasteiger partial charge < -0.3 is 14.8 Å². The average molecular weight is 171 g/mol. The fourth-order valence-corrected chi connectivity index (χ4v) is 1.79. The minimum Gasteiger partial charge on any atom is -0.376 e. The van der Waals surface area contributed by atoms with E-state index in [9.17, 15) is 0 Å². The molecule has 2 rings (SSSR count). The molecule has 2 atom stereocenters. The Balaban J connectivity index is 1.60. The lowest BCUT2D eigenvalue weighted by Gasteiger charge is -2.14. The first kappa shape index (κ1) is 8.48. The Hall–Kier alpha value is -0.120. The Morgan fingerprint density at radius 3 is 3.08 bits per heavy atom. The van der Waals surface area contributed by atoms with Gasteiger partial charge in [0.2, 0.25) is 0 Å². The minimum absolute atomic E-state index is 0.380. The van der Waals surface area contributed by atoms with Crippen LogP contribution in [0.5, 0.6) is 0 Å². The first-order valence-corrected chi connectivity index (χ1v) is 4.89. The third kappa shape index (κ3) is 2.19. The number of hydrogen-bond acceptors (Lipinski definition) is 3. The van der Waals surface area contributed by atoms with Gasteiger partial charge in [-0.1, -0.05) is 0 Å². The lowest BCUT2D eigenvalue weighted by atomic mass is 10.2. The summed E-state index contributed by atoms with van der Waals surface area (Å²) in [5, 5.41) is 3.28. The Morgan fingerprint density at radius 2 is 2.42 bits per heavy atom. The molecule has 2 aliphatic heterocycles. The SMILES string of the molecule is C1COC(COC2CCNC2)C1. The second-order valence-electron chi connectivity index (χ2n) is 3.58. The van der Waals surface area contributed by atoms with Gasteiger partial charge in [-0.05, 0) is 25.8 Å². The van der Waals surface area contributed by atoms with E-state index in [1.807, 2.05) is 0 Å².